The molecule has 0 unspecified atom stereocenters. The molecule has 2 aromatic carbocycles. The van der Waals surface area contributed by atoms with Gasteiger partial charge in [-0.2, -0.15) is 0 Å². The van der Waals surface area contributed by atoms with E-state index >= 15 is 0 Å². The van der Waals surface area contributed by atoms with Gasteiger partial charge in [-0.1, -0.05) is 62.4 Å². The minimum absolute atomic E-state index is 1.03. The molecule has 106 valence electrons. The zero-order chi connectivity index (χ0) is 15.1. The van der Waals surface area contributed by atoms with Gasteiger partial charge in [0.25, 0.3) is 0 Å². The van der Waals surface area contributed by atoms with Crippen LogP contribution in [-0.2, 0) is 0 Å². The second-order valence-electron chi connectivity index (χ2n) is 4.61. The van der Waals surface area contributed by atoms with Crippen molar-refractivity contribution in [2.75, 3.05) is 0 Å². The van der Waals surface area contributed by atoms with Gasteiger partial charge in [-0.05, 0) is 41.8 Å². The fourth-order valence-electron chi connectivity index (χ4n) is 2.23. The van der Waals surface area contributed by atoms with Gasteiger partial charge in [0.1, 0.15) is 0 Å². The molecular weight excluding hydrogens is 254 g/mol. The van der Waals surface area contributed by atoms with Gasteiger partial charge >= 0.3 is 0 Å². The van der Waals surface area contributed by atoms with Gasteiger partial charge in [-0.3, -0.25) is 4.98 Å². The van der Waals surface area contributed by atoms with E-state index in [-0.39, 0.29) is 0 Å². The maximum Gasteiger partial charge on any atom is 0.0704 e. The number of hydrogen-bond acceptors (Lipinski definition) is 1. The lowest BCUT2D eigenvalue weighted by Crippen LogP contribution is -1.88. The Balaban J connectivity index is 0.000000774. The summed E-state index contributed by atoms with van der Waals surface area (Å²) < 4.78 is 0. The van der Waals surface area contributed by atoms with Crippen LogP contribution in [0.1, 0.15) is 19.4 Å². The molecule has 3 rings (SSSR count). The van der Waals surface area contributed by atoms with E-state index in [9.17, 15) is 0 Å². The summed E-state index contributed by atoms with van der Waals surface area (Å²) in [5.74, 6) is 0. The summed E-state index contributed by atoms with van der Waals surface area (Å²) in [6.07, 6.45) is 1.84. The summed E-state index contributed by atoms with van der Waals surface area (Å²) in [4.78, 5) is 4.44. The van der Waals surface area contributed by atoms with Gasteiger partial charge in [0, 0.05) is 11.8 Å². The van der Waals surface area contributed by atoms with Crippen molar-refractivity contribution in [3.63, 3.8) is 0 Å². The van der Waals surface area contributed by atoms with Crippen LogP contribution in [0.2, 0.25) is 0 Å². The van der Waals surface area contributed by atoms with Crippen molar-refractivity contribution < 1.29 is 0 Å². The molecule has 0 atom stereocenters. The summed E-state index contributed by atoms with van der Waals surface area (Å²) >= 11 is 0. The highest BCUT2D eigenvalue weighted by atomic mass is 14.7. The van der Waals surface area contributed by atoms with Crippen molar-refractivity contribution in [1.29, 1.82) is 0 Å². The summed E-state index contributed by atoms with van der Waals surface area (Å²) in [5, 5.41) is 0. The first kappa shape index (κ1) is 15.0. The monoisotopic (exact) mass is 275 g/mol. The molecule has 0 radical (unpaired) electrons. The number of aromatic nitrogens is 1. The third-order valence-electron chi connectivity index (χ3n) is 3.29. The average Bonchev–Trinajstić information content (AvgIpc) is 2.59. The third kappa shape index (κ3) is 3.57. The first-order valence-corrected chi connectivity index (χ1v) is 7.42. The normalized spacial score (nSPS) is 9.67. The van der Waals surface area contributed by atoms with Crippen LogP contribution in [0.3, 0.4) is 0 Å². The molecule has 1 aromatic heterocycles. The Morgan fingerprint density at radius 3 is 2.10 bits per heavy atom. The minimum Gasteiger partial charge on any atom is -0.256 e. The van der Waals surface area contributed by atoms with Gasteiger partial charge in [-0.25, -0.2) is 0 Å². The molecule has 0 spiro atoms. The maximum absolute atomic E-state index is 4.44. The smallest absolute Gasteiger partial charge is 0.0704 e. The molecule has 0 aliphatic carbocycles. The molecule has 0 amide bonds. The zero-order valence-corrected chi connectivity index (χ0v) is 12.9. The quantitative estimate of drug-likeness (QED) is 0.580. The first-order valence-electron chi connectivity index (χ1n) is 7.42. The van der Waals surface area contributed by atoms with Crippen LogP contribution in [0.4, 0.5) is 0 Å². The van der Waals surface area contributed by atoms with Gasteiger partial charge < -0.3 is 0 Å². The largest absolute Gasteiger partial charge is 0.256 e. The maximum atomic E-state index is 4.44. The molecule has 0 N–H and O–H groups in total. The lowest BCUT2D eigenvalue weighted by Gasteiger charge is -2.08. The van der Waals surface area contributed by atoms with E-state index < -0.39 is 0 Å². The number of benzene rings is 2. The molecule has 3 aromatic rings. The summed E-state index contributed by atoms with van der Waals surface area (Å²) in [6.45, 7) is 6.12. The molecule has 1 heteroatoms. The molecule has 0 aliphatic rings. The van der Waals surface area contributed by atoms with Crippen LogP contribution >= 0.6 is 0 Å². The Hall–Kier alpha value is -2.41. The number of pyridine rings is 1. The molecule has 1 heterocycles. The summed E-state index contributed by atoms with van der Waals surface area (Å²) in [5.41, 5.74) is 5.93. The Labute approximate surface area is 127 Å². The van der Waals surface area contributed by atoms with E-state index in [2.05, 4.69) is 60.4 Å². The van der Waals surface area contributed by atoms with Crippen molar-refractivity contribution in [3.8, 4) is 22.4 Å². The molecule has 0 aliphatic heterocycles. The molecule has 0 saturated heterocycles. The van der Waals surface area contributed by atoms with Crippen molar-refractivity contribution in [2.45, 2.75) is 20.8 Å². The Kier molecular flexibility index (Phi) is 5.28. The number of rotatable bonds is 2. The topological polar surface area (TPSA) is 12.9 Å². The molecular formula is C20H21N. The molecule has 0 fully saturated rings. The second-order valence-corrected chi connectivity index (χ2v) is 4.61. The first-order chi connectivity index (χ1) is 10.3. The van der Waals surface area contributed by atoms with E-state index in [1.54, 1.807) is 0 Å². The van der Waals surface area contributed by atoms with Crippen LogP contribution in [0.5, 0.6) is 0 Å². The molecule has 21 heavy (non-hydrogen) atoms. The lowest BCUT2D eigenvalue weighted by molar-refractivity contribution is 1.31. The number of hydrogen-bond donors (Lipinski definition) is 0. The highest BCUT2D eigenvalue weighted by Gasteiger charge is 2.05. The van der Waals surface area contributed by atoms with Crippen molar-refractivity contribution in [1.82, 2.24) is 4.98 Å². The fraction of sp³-hybridized carbons (Fsp3) is 0.150. The van der Waals surface area contributed by atoms with Crippen molar-refractivity contribution in [3.05, 3.63) is 78.5 Å². The van der Waals surface area contributed by atoms with E-state index in [1.807, 2.05) is 38.2 Å². The van der Waals surface area contributed by atoms with Crippen LogP contribution in [0.25, 0.3) is 22.4 Å². The van der Waals surface area contributed by atoms with Crippen LogP contribution in [0.15, 0.2) is 72.9 Å². The number of nitrogens with zero attached hydrogens (tertiary/aromatic N) is 1. The Morgan fingerprint density at radius 1 is 0.714 bits per heavy atom. The van der Waals surface area contributed by atoms with Crippen LogP contribution in [0, 0.1) is 6.92 Å². The van der Waals surface area contributed by atoms with Gasteiger partial charge in [0.2, 0.25) is 0 Å². The van der Waals surface area contributed by atoms with Crippen molar-refractivity contribution in [2.24, 2.45) is 0 Å². The molecule has 0 bridgehead atoms. The highest BCUT2D eigenvalue weighted by molar-refractivity contribution is 5.73. The van der Waals surface area contributed by atoms with E-state index in [4.69, 9.17) is 0 Å². The highest BCUT2D eigenvalue weighted by Crippen LogP contribution is 2.27. The van der Waals surface area contributed by atoms with Crippen LogP contribution < -0.4 is 0 Å². The standard InChI is InChI=1S/C18H15N.C2H6/c1-14-10-11-16(15-7-3-2-4-8-15)13-17(14)18-9-5-6-12-19-18;1-2/h2-13H,1H3;1-2H3. The second kappa shape index (κ2) is 7.39. The van der Waals surface area contributed by atoms with Gasteiger partial charge in [0.15, 0.2) is 0 Å². The summed E-state index contributed by atoms with van der Waals surface area (Å²) in [6, 6.07) is 23.0. The van der Waals surface area contributed by atoms with Gasteiger partial charge in [-0.15, -0.1) is 0 Å². The average molecular weight is 275 g/mol. The third-order valence-corrected chi connectivity index (χ3v) is 3.29. The van der Waals surface area contributed by atoms with E-state index in [1.165, 1.54) is 22.3 Å². The SMILES string of the molecule is CC.Cc1ccc(-c2ccccc2)cc1-c1ccccn1. The summed E-state index contributed by atoms with van der Waals surface area (Å²) in [7, 11) is 0. The predicted octanol–water partition coefficient (Wildman–Crippen LogP) is 5.75. The van der Waals surface area contributed by atoms with Crippen molar-refractivity contribution >= 4 is 0 Å². The fourth-order valence-corrected chi connectivity index (χ4v) is 2.23. The predicted molar refractivity (Wildman–Crippen MR) is 91.2 cm³/mol. The Morgan fingerprint density at radius 2 is 1.43 bits per heavy atom. The van der Waals surface area contributed by atoms with Gasteiger partial charge in [0.05, 0.1) is 5.69 Å². The Bertz CT molecular complexity index is 673. The molecule has 1 nitrogen and oxygen atoms in total. The van der Waals surface area contributed by atoms with E-state index in [0.717, 1.165) is 5.69 Å². The zero-order valence-electron chi connectivity index (χ0n) is 12.9. The van der Waals surface area contributed by atoms with E-state index in [0.29, 0.717) is 0 Å². The lowest BCUT2D eigenvalue weighted by atomic mass is 9.98. The molecule has 0 saturated carbocycles. The number of aryl methyl sites for hydroxylation is 1. The minimum atomic E-state index is 1.03. The van der Waals surface area contributed by atoms with Crippen LogP contribution in [-0.4, -0.2) is 4.98 Å².